The van der Waals surface area contributed by atoms with E-state index in [0.717, 1.165) is 0 Å². The van der Waals surface area contributed by atoms with E-state index in [-0.39, 0.29) is 16.9 Å². The number of hydrogen-bond acceptors (Lipinski definition) is 3. The Bertz CT molecular complexity index is 234. The maximum Gasteiger partial charge on any atom is 0.225 e. The van der Waals surface area contributed by atoms with Crippen LogP contribution in [0.25, 0.3) is 0 Å². The van der Waals surface area contributed by atoms with Gasteiger partial charge in [-0.25, -0.2) is 9.37 Å². The summed E-state index contributed by atoms with van der Waals surface area (Å²) >= 11 is 5.44. The maximum atomic E-state index is 12.0. The van der Waals surface area contributed by atoms with Crippen molar-refractivity contribution < 1.29 is 9.13 Å². The number of aromatic nitrogens is 2. The van der Waals surface area contributed by atoms with Gasteiger partial charge in [0.15, 0.2) is 0 Å². The molecule has 60 valence electrons. The quantitative estimate of drug-likeness (QED) is 0.643. The molecular formula is C6H6ClFN2O. The molecule has 0 saturated heterocycles. The first-order valence-corrected chi connectivity index (χ1v) is 3.27. The van der Waals surface area contributed by atoms with Crippen molar-refractivity contribution in [3.05, 3.63) is 17.0 Å². The third-order valence-corrected chi connectivity index (χ3v) is 1.24. The van der Waals surface area contributed by atoms with Gasteiger partial charge in [0.2, 0.25) is 11.2 Å². The molecule has 0 fully saturated rings. The van der Waals surface area contributed by atoms with E-state index in [1.807, 2.05) is 0 Å². The molecule has 0 saturated carbocycles. The highest BCUT2D eigenvalue weighted by molar-refractivity contribution is 6.28. The number of hydrogen-bond donors (Lipinski definition) is 0. The zero-order valence-corrected chi connectivity index (χ0v) is 6.60. The predicted molar refractivity (Wildman–Crippen MR) is 38.4 cm³/mol. The number of alkyl halides is 1. The van der Waals surface area contributed by atoms with Crippen LogP contribution in [0.5, 0.6) is 5.88 Å². The summed E-state index contributed by atoms with van der Waals surface area (Å²) in [4.78, 5) is 7.27. The largest absolute Gasteiger partial charge is 0.481 e. The van der Waals surface area contributed by atoms with E-state index in [0.29, 0.717) is 0 Å². The monoisotopic (exact) mass is 176 g/mol. The van der Waals surface area contributed by atoms with Gasteiger partial charge in [-0.3, -0.25) is 0 Å². The van der Waals surface area contributed by atoms with Crippen molar-refractivity contribution >= 4 is 11.6 Å². The molecule has 0 atom stereocenters. The van der Waals surface area contributed by atoms with Crippen LogP contribution in [0.15, 0.2) is 6.07 Å². The molecule has 1 heterocycles. The molecule has 5 heteroatoms. The van der Waals surface area contributed by atoms with Crippen LogP contribution in [-0.2, 0) is 6.67 Å². The average molecular weight is 177 g/mol. The zero-order valence-electron chi connectivity index (χ0n) is 5.84. The van der Waals surface area contributed by atoms with E-state index < -0.39 is 6.67 Å². The van der Waals surface area contributed by atoms with Crippen molar-refractivity contribution in [2.45, 2.75) is 6.67 Å². The molecule has 0 N–H and O–H groups in total. The Morgan fingerprint density at radius 1 is 1.64 bits per heavy atom. The van der Waals surface area contributed by atoms with E-state index in [4.69, 9.17) is 16.3 Å². The minimum absolute atomic E-state index is 0.00278. The van der Waals surface area contributed by atoms with Crippen LogP contribution >= 0.6 is 11.6 Å². The molecule has 0 aliphatic heterocycles. The molecule has 0 aliphatic rings. The summed E-state index contributed by atoms with van der Waals surface area (Å²) < 4.78 is 16.8. The lowest BCUT2D eigenvalue weighted by molar-refractivity contribution is 0.392. The Balaban J connectivity index is 3.02. The Morgan fingerprint density at radius 2 is 2.36 bits per heavy atom. The third kappa shape index (κ3) is 2.01. The molecule has 3 nitrogen and oxygen atoms in total. The van der Waals surface area contributed by atoms with Gasteiger partial charge in [-0.1, -0.05) is 0 Å². The number of rotatable bonds is 2. The Hall–Kier alpha value is -0.900. The van der Waals surface area contributed by atoms with Crippen molar-refractivity contribution in [3.8, 4) is 5.88 Å². The van der Waals surface area contributed by atoms with Crippen LogP contribution < -0.4 is 4.74 Å². The van der Waals surface area contributed by atoms with Crippen LogP contribution in [-0.4, -0.2) is 17.1 Å². The summed E-state index contributed by atoms with van der Waals surface area (Å²) in [5.74, 6) is 0.276. The predicted octanol–water partition coefficient (Wildman–Crippen LogP) is 1.61. The number of ether oxygens (including phenoxy) is 1. The Morgan fingerprint density at radius 3 is 2.91 bits per heavy atom. The fraction of sp³-hybridized carbons (Fsp3) is 0.333. The molecule has 0 bridgehead atoms. The fourth-order valence-electron chi connectivity index (χ4n) is 0.615. The Kier molecular flexibility index (Phi) is 2.59. The first kappa shape index (κ1) is 8.20. The summed E-state index contributed by atoms with van der Waals surface area (Å²) in [7, 11) is 1.43. The van der Waals surface area contributed by atoms with E-state index in [2.05, 4.69) is 9.97 Å². The molecule has 11 heavy (non-hydrogen) atoms. The molecule has 0 radical (unpaired) electrons. The van der Waals surface area contributed by atoms with E-state index in [1.54, 1.807) is 0 Å². The van der Waals surface area contributed by atoms with Crippen LogP contribution in [0.3, 0.4) is 0 Å². The molecule has 0 unspecified atom stereocenters. The van der Waals surface area contributed by atoms with Crippen LogP contribution in [0, 0.1) is 0 Å². The lowest BCUT2D eigenvalue weighted by Crippen LogP contribution is -1.93. The average Bonchev–Trinajstić information content (AvgIpc) is 2.03. The summed E-state index contributed by atoms with van der Waals surface area (Å²) in [5, 5.41) is -0.00278. The standard InChI is InChI=1S/C6H6ClFN2O/c1-11-5-2-4(3-8)9-6(7)10-5/h2H,3H2,1H3. The van der Waals surface area contributed by atoms with Gasteiger partial charge in [0.1, 0.15) is 6.67 Å². The summed E-state index contributed by atoms with van der Waals surface area (Å²) in [5.41, 5.74) is 0.224. The van der Waals surface area contributed by atoms with Gasteiger partial charge < -0.3 is 4.74 Å². The minimum atomic E-state index is -0.668. The van der Waals surface area contributed by atoms with Crippen molar-refractivity contribution in [1.82, 2.24) is 9.97 Å². The van der Waals surface area contributed by atoms with Crippen LogP contribution in [0.4, 0.5) is 4.39 Å². The van der Waals surface area contributed by atoms with Crippen LogP contribution in [0.1, 0.15) is 5.69 Å². The SMILES string of the molecule is COc1cc(CF)nc(Cl)n1. The number of methoxy groups -OCH3 is 1. The van der Waals surface area contributed by atoms with E-state index >= 15 is 0 Å². The first-order valence-electron chi connectivity index (χ1n) is 2.89. The molecule has 0 spiro atoms. The molecular weight excluding hydrogens is 171 g/mol. The minimum Gasteiger partial charge on any atom is -0.481 e. The van der Waals surface area contributed by atoms with E-state index in [9.17, 15) is 4.39 Å². The second-order valence-electron chi connectivity index (χ2n) is 1.80. The van der Waals surface area contributed by atoms with Gasteiger partial charge in [-0.05, 0) is 11.6 Å². The van der Waals surface area contributed by atoms with Gasteiger partial charge in [-0.15, -0.1) is 0 Å². The fourth-order valence-corrected chi connectivity index (χ4v) is 0.806. The van der Waals surface area contributed by atoms with Gasteiger partial charge in [0.25, 0.3) is 0 Å². The second kappa shape index (κ2) is 3.48. The van der Waals surface area contributed by atoms with Crippen molar-refractivity contribution in [2.24, 2.45) is 0 Å². The third-order valence-electron chi connectivity index (χ3n) is 1.07. The lowest BCUT2D eigenvalue weighted by Gasteiger charge is -1.99. The number of nitrogens with zero attached hydrogens (tertiary/aromatic N) is 2. The number of halogens is 2. The first-order chi connectivity index (χ1) is 5.26. The summed E-state index contributed by atoms with van der Waals surface area (Å²) in [6.07, 6.45) is 0. The molecule has 1 rings (SSSR count). The summed E-state index contributed by atoms with van der Waals surface area (Å²) in [6, 6.07) is 1.39. The molecule has 1 aromatic rings. The van der Waals surface area contributed by atoms with Gasteiger partial charge in [-0.2, -0.15) is 4.98 Å². The van der Waals surface area contributed by atoms with Gasteiger partial charge >= 0.3 is 0 Å². The van der Waals surface area contributed by atoms with Gasteiger partial charge in [0.05, 0.1) is 12.8 Å². The molecule has 0 aromatic carbocycles. The lowest BCUT2D eigenvalue weighted by atomic mass is 10.4. The van der Waals surface area contributed by atoms with Crippen molar-refractivity contribution in [2.75, 3.05) is 7.11 Å². The molecule has 0 aliphatic carbocycles. The van der Waals surface area contributed by atoms with Crippen molar-refractivity contribution in [3.63, 3.8) is 0 Å². The Labute approximate surface area is 68.2 Å². The van der Waals surface area contributed by atoms with E-state index in [1.165, 1.54) is 13.2 Å². The summed E-state index contributed by atoms with van der Waals surface area (Å²) in [6.45, 7) is -0.668. The topological polar surface area (TPSA) is 35.0 Å². The molecule has 0 amide bonds. The van der Waals surface area contributed by atoms with Gasteiger partial charge in [0, 0.05) is 6.07 Å². The zero-order chi connectivity index (χ0) is 8.27. The smallest absolute Gasteiger partial charge is 0.225 e. The second-order valence-corrected chi connectivity index (χ2v) is 2.14. The van der Waals surface area contributed by atoms with Crippen molar-refractivity contribution in [1.29, 1.82) is 0 Å². The normalized spacial score (nSPS) is 9.73. The highest BCUT2D eigenvalue weighted by Crippen LogP contribution is 2.12. The van der Waals surface area contributed by atoms with Crippen LogP contribution in [0.2, 0.25) is 5.28 Å². The molecule has 1 aromatic heterocycles. The maximum absolute atomic E-state index is 12.0. The highest BCUT2D eigenvalue weighted by atomic mass is 35.5. The highest BCUT2D eigenvalue weighted by Gasteiger charge is 2.01.